The number of hydrogen-bond donors (Lipinski definition) is 0. The fraction of sp³-hybridized carbons (Fsp3) is 0.263. The Balaban J connectivity index is 1.54. The van der Waals surface area contributed by atoms with E-state index in [1.807, 2.05) is 19.1 Å². The molecule has 2 amide bonds. The number of furan rings is 1. The summed E-state index contributed by atoms with van der Waals surface area (Å²) >= 11 is 5.85. The molecule has 0 unspecified atom stereocenters. The highest BCUT2D eigenvalue weighted by atomic mass is 35.5. The second-order valence-electron chi connectivity index (χ2n) is 5.91. The van der Waals surface area contributed by atoms with Gasteiger partial charge in [0.1, 0.15) is 11.5 Å². The van der Waals surface area contributed by atoms with E-state index in [2.05, 4.69) is 0 Å². The molecule has 0 bridgehead atoms. The zero-order valence-corrected chi connectivity index (χ0v) is 14.7. The fourth-order valence-corrected chi connectivity index (χ4v) is 2.83. The summed E-state index contributed by atoms with van der Waals surface area (Å²) in [7, 11) is 0. The van der Waals surface area contributed by atoms with Crippen molar-refractivity contribution in [1.82, 2.24) is 9.80 Å². The fourth-order valence-electron chi connectivity index (χ4n) is 2.71. The average Bonchev–Trinajstić information content (AvgIpc) is 3.05. The number of piperazine rings is 1. The molecule has 0 N–H and O–H groups in total. The van der Waals surface area contributed by atoms with E-state index in [1.54, 1.807) is 40.1 Å². The Morgan fingerprint density at radius 3 is 2.24 bits per heavy atom. The first-order chi connectivity index (χ1) is 12.0. The molecule has 5 nitrogen and oxygen atoms in total. The van der Waals surface area contributed by atoms with Crippen LogP contribution in [-0.2, 0) is 4.79 Å². The Kier molecular flexibility index (Phi) is 5.24. The molecule has 0 radical (unpaired) electrons. The highest BCUT2D eigenvalue weighted by Crippen LogP contribution is 2.14. The molecule has 1 aromatic carbocycles. The van der Waals surface area contributed by atoms with E-state index < -0.39 is 0 Å². The molecule has 25 heavy (non-hydrogen) atoms. The minimum Gasteiger partial charge on any atom is -0.462 e. The minimum atomic E-state index is -0.0763. The predicted molar refractivity (Wildman–Crippen MR) is 96.4 cm³/mol. The lowest BCUT2D eigenvalue weighted by Gasteiger charge is -2.34. The summed E-state index contributed by atoms with van der Waals surface area (Å²) in [5.74, 6) is 1.35. The monoisotopic (exact) mass is 358 g/mol. The summed E-state index contributed by atoms with van der Waals surface area (Å²) in [5, 5.41) is 0.602. The van der Waals surface area contributed by atoms with Gasteiger partial charge in [0.05, 0.1) is 0 Å². The zero-order valence-electron chi connectivity index (χ0n) is 13.9. The molecule has 2 aromatic rings. The molecule has 1 fully saturated rings. The normalized spacial score (nSPS) is 15.0. The molecule has 0 atom stereocenters. The maximum atomic E-state index is 12.5. The van der Waals surface area contributed by atoms with Gasteiger partial charge >= 0.3 is 0 Å². The molecule has 1 aliphatic rings. The van der Waals surface area contributed by atoms with Crippen LogP contribution in [0.15, 0.2) is 46.9 Å². The Bertz CT molecular complexity index is 787. The van der Waals surface area contributed by atoms with E-state index in [0.717, 1.165) is 5.76 Å². The van der Waals surface area contributed by atoms with Gasteiger partial charge < -0.3 is 14.2 Å². The third kappa shape index (κ3) is 4.31. The first-order valence-corrected chi connectivity index (χ1v) is 8.49. The van der Waals surface area contributed by atoms with Crippen LogP contribution in [-0.4, -0.2) is 47.8 Å². The number of hydrogen-bond acceptors (Lipinski definition) is 3. The maximum absolute atomic E-state index is 12.5. The molecular weight excluding hydrogens is 340 g/mol. The smallest absolute Gasteiger partial charge is 0.253 e. The predicted octanol–water partition coefficient (Wildman–Crippen LogP) is 3.24. The van der Waals surface area contributed by atoms with Crippen molar-refractivity contribution >= 4 is 29.5 Å². The van der Waals surface area contributed by atoms with E-state index >= 15 is 0 Å². The van der Waals surface area contributed by atoms with Crippen molar-refractivity contribution in [2.24, 2.45) is 0 Å². The number of halogens is 1. The third-order valence-electron chi connectivity index (χ3n) is 4.12. The second kappa shape index (κ2) is 7.57. The number of amides is 2. The van der Waals surface area contributed by atoms with E-state index in [-0.39, 0.29) is 11.8 Å². The summed E-state index contributed by atoms with van der Waals surface area (Å²) in [5.41, 5.74) is 0.609. The van der Waals surface area contributed by atoms with Gasteiger partial charge in [-0.3, -0.25) is 9.59 Å². The molecule has 1 aromatic heterocycles. The standard InChI is InChI=1S/C19H19ClN2O3/c1-14-2-7-17(25-14)8-9-18(23)21-10-12-22(13-11-21)19(24)15-3-5-16(20)6-4-15/h2-9H,10-13H2,1H3/b9-8+. The Hall–Kier alpha value is -2.53. The van der Waals surface area contributed by atoms with E-state index in [1.165, 1.54) is 6.08 Å². The number of carbonyl (C=O) groups is 2. The summed E-state index contributed by atoms with van der Waals surface area (Å²) in [6.45, 7) is 3.91. The van der Waals surface area contributed by atoms with Crippen molar-refractivity contribution in [2.75, 3.05) is 26.2 Å². The number of aryl methyl sites for hydroxylation is 1. The molecule has 0 aliphatic carbocycles. The summed E-state index contributed by atoms with van der Waals surface area (Å²) in [6, 6.07) is 10.5. The summed E-state index contributed by atoms with van der Waals surface area (Å²) in [6.07, 6.45) is 3.18. The van der Waals surface area contributed by atoms with E-state index in [0.29, 0.717) is 42.5 Å². The highest BCUT2D eigenvalue weighted by molar-refractivity contribution is 6.30. The lowest BCUT2D eigenvalue weighted by molar-refractivity contribution is -0.127. The first-order valence-electron chi connectivity index (χ1n) is 8.11. The summed E-state index contributed by atoms with van der Waals surface area (Å²) in [4.78, 5) is 28.2. The SMILES string of the molecule is Cc1ccc(/C=C/C(=O)N2CCN(C(=O)c3ccc(Cl)cc3)CC2)o1. The van der Waals surface area contributed by atoms with Crippen molar-refractivity contribution < 1.29 is 14.0 Å². The van der Waals surface area contributed by atoms with Crippen LogP contribution in [0.25, 0.3) is 6.08 Å². The average molecular weight is 359 g/mol. The van der Waals surface area contributed by atoms with Crippen molar-refractivity contribution in [3.8, 4) is 0 Å². The Morgan fingerprint density at radius 2 is 1.64 bits per heavy atom. The number of rotatable bonds is 3. The molecule has 2 heterocycles. The van der Waals surface area contributed by atoms with Crippen LogP contribution in [0.5, 0.6) is 0 Å². The van der Waals surface area contributed by atoms with E-state index in [9.17, 15) is 9.59 Å². The van der Waals surface area contributed by atoms with Gasteiger partial charge in [-0.1, -0.05) is 11.6 Å². The number of benzene rings is 1. The second-order valence-corrected chi connectivity index (χ2v) is 6.34. The van der Waals surface area contributed by atoms with Crippen LogP contribution >= 0.6 is 11.6 Å². The van der Waals surface area contributed by atoms with Crippen molar-refractivity contribution in [1.29, 1.82) is 0 Å². The highest BCUT2D eigenvalue weighted by Gasteiger charge is 2.23. The van der Waals surface area contributed by atoms with Gasteiger partial charge in [0.15, 0.2) is 0 Å². The lowest BCUT2D eigenvalue weighted by Crippen LogP contribution is -2.50. The van der Waals surface area contributed by atoms with Gasteiger partial charge in [-0.15, -0.1) is 0 Å². The van der Waals surface area contributed by atoms with Crippen LogP contribution in [0.4, 0.5) is 0 Å². The van der Waals surface area contributed by atoms with Crippen molar-refractivity contribution in [3.63, 3.8) is 0 Å². The minimum absolute atomic E-state index is 0.0367. The molecular formula is C19H19ClN2O3. The van der Waals surface area contributed by atoms with E-state index in [4.69, 9.17) is 16.0 Å². The van der Waals surface area contributed by atoms with Crippen LogP contribution in [0.3, 0.4) is 0 Å². The van der Waals surface area contributed by atoms with Crippen LogP contribution < -0.4 is 0 Å². The van der Waals surface area contributed by atoms with Gasteiger partial charge in [0.2, 0.25) is 5.91 Å². The number of carbonyl (C=O) groups excluding carboxylic acids is 2. The molecule has 0 saturated carbocycles. The van der Waals surface area contributed by atoms with Gasteiger partial charge in [-0.2, -0.15) is 0 Å². The topological polar surface area (TPSA) is 53.8 Å². The third-order valence-corrected chi connectivity index (χ3v) is 4.37. The molecule has 0 spiro atoms. The van der Waals surface area contributed by atoms with Crippen molar-refractivity contribution in [2.45, 2.75) is 6.92 Å². The van der Waals surface area contributed by atoms with Gasteiger partial charge in [0, 0.05) is 42.8 Å². The molecule has 3 rings (SSSR count). The Morgan fingerprint density at radius 1 is 1.00 bits per heavy atom. The van der Waals surface area contributed by atoms with Crippen LogP contribution in [0.2, 0.25) is 5.02 Å². The van der Waals surface area contributed by atoms with Crippen LogP contribution in [0, 0.1) is 6.92 Å². The Labute approximate surface area is 151 Å². The van der Waals surface area contributed by atoms with Gasteiger partial charge in [0.25, 0.3) is 5.91 Å². The molecule has 1 aliphatic heterocycles. The van der Waals surface area contributed by atoms with Crippen molar-refractivity contribution in [3.05, 3.63) is 64.6 Å². The van der Waals surface area contributed by atoms with Gasteiger partial charge in [-0.25, -0.2) is 0 Å². The lowest BCUT2D eigenvalue weighted by atomic mass is 10.2. The van der Waals surface area contributed by atoms with Crippen LogP contribution in [0.1, 0.15) is 21.9 Å². The zero-order chi connectivity index (χ0) is 17.8. The number of nitrogens with zero attached hydrogens (tertiary/aromatic N) is 2. The molecule has 6 heteroatoms. The molecule has 1 saturated heterocycles. The quantitative estimate of drug-likeness (QED) is 0.791. The maximum Gasteiger partial charge on any atom is 0.253 e. The largest absolute Gasteiger partial charge is 0.462 e. The summed E-state index contributed by atoms with van der Waals surface area (Å²) < 4.78 is 5.41. The first kappa shape index (κ1) is 17.3. The van der Waals surface area contributed by atoms with Gasteiger partial charge in [-0.05, 0) is 49.4 Å². The molecule has 130 valence electrons.